The first-order valence-corrected chi connectivity index (χ1v) is 6.36. The van der Waals surface area contributed by atoms with Crippen LogP contribution < -0.4 is 16.4 Å². The largest absolute Gasteiger partial charge is 0.366 e. The van der Waals surface area contributed by atoms with E-state index >= 15 is 0 Å². The van der Waals surface area contributed by atoms with Gasteiger partial charge in [0, 0.05) is 23.7 Å². The summed E-state index contributed by atoms with van der Waals surface area (Å²) in [6.45, 7) is 0.357. The molecule has 0 aliphatic carbocycles. The van der Waals surface area contributed by atoms with Gasteiger partial charge in [-0.1, -0.05) is 12.1 Å². The van der Waals surface area contributed by atoms with Crippen LogP contribution in [0.3, 0.4) is 0 Å². The molecule has 4 N–H and O–H groups in total. The number of primary amides is 1. The molecule has 6 nitrogen and oxygen atoms in total. The Morgan fingerprint density at radius 2 is 2.00 bits per heavy atom. The number of nitrogens with two attached hydrogens (primary N) is 1. The van der Waals surface area contributed by atoms with Gasteiger partial charge in [-0.15, -0.1) is 11.3 Å². The Kier molecular flexibility index (Phi) is 4.09. The second-order valence-electron chi connectivity index (χ2n) is 3.71. The maximum atomic E-state index is 11.5. The van der Waals surface area contributed by atoms with Crippen molar-refractivity contribution in [2.45, 2.75) is 6.54 Å². The Balaban J connectivity index is 1.84. The number of carbonyl (C=O) groups is 2. The number of benzene rings is 1. The van der Waals surface area contributed by atoms with Crippen LogP contribution >= 0.6 is 11.3 Å². The minimum absolute atomic E-state index is 0.325. The van der Waals surface area contributed by atoms with Crippen molar-refractivity contribution in [3.05, 3.63) is 47.0 Å². The van der Waals surface area contributed by atoms with Crippen LogP contribution in [0.5, 0.6) is 0 Å². The van der Waals surface area contributed by atoms with E-state index in [1.165, 1.54) is 11.3 Å². The molecular formula is C12H12N4O2S. The number of hydrogen-bond acceptors (Lipinski definition) is 4. The Bertz CT molecular complexity index is 566. The van der Waals surface area contributed by atoms with Crippen LogP contribution in [0.25, 0.3) is 0 Å². The third-order valence-electron chi connectivity index (χ3n) is 2.34. The van der Waals surface area contributed by atoms with E-state index in [1.807, 2.05) is 0 Å². The molecule has 0 aliphatic rings. The average molecular weight is 276 g/mol. The van der Waals surface area contributed by atoms with E-state index in [4.69, 9.17) is 5.73 Å². The quantitative estimate of drug-likeness (QED) is 0.790. The van der Waals surface area contributed by atoms with E-state index in [-0.39, 0.29) is 6.03 Å². The molecule has 1 aromatic heterocycles. The summed E-state index contributed by atoms with van der Waals surface area (Å²) in [7, 11) is 0. The predicted octanol–water partition coefficient (Wildman–Crippen LogP) is 1.56. The predicted molar refractivity (Wildman–Crippen MR) is 72.9 cm³/mol. The van der Waals surface area contributed by atoms with Crippen molar-refractivity contribution >= 4 is 28.4 Å². The zero-order valence-electron chi connectivity index (χ0n) is 9.92. The van der Waals surface area contributed by atoms with Gasteiger partial charge in [-0.3, -0.25) is 10.1 Å². The molecule has 98 valence electrons. The standard InChI is InChI=1S/C12H12N4O2S/c13-10(17)9-3-1-8(2-4-9)7-15-11(18)16-12-14-5-6-19-12/h1-6H,7H2,(H2,13,17)(H2,14,15,16,18). The molecule has 0 radical (unpaired) electrons. The first-order chi connectivity index (χ1) is 9.15. The summed E-state index contributed by atoms with van der Waals surface area (Å²) in [5, 5.41) is 7.61. The van der Waals surface area contributed by atoms with Gasteiger partial charge in [-0.2, -0.15) is 0 Å². The molecule has 1 heterocycles. The number of amides is 3. The van der Waals surface area contributed by atoms with Crippen LogP contribution in [0.4, 0.5) is 9.93 Å². The minimum atomic E-state index is -0.471. The summed E-state index contributed by atoms with van der Waals surface area (Å²) in [5.41, 5.74) is 6.45. The molecule has 0 saturated heterocycles. The molecule has 2 rings (SSSR count). The monoisotopic (exact) mass is 276 g/mol. The SMILES string of the molecule is NC(=O)c1ccc(CNC(=O)Nc2nccs2)cc1. The van der Waals surface area contributed by atoms with Crippen molar-refractivity contribution in [2.75, 3.05) is 5.32 Å². The molecule has 3 amide bonds. The molecule has 0 saturated carbocycles. The fourth-order valence-electron chi connectivity index (χ4n) is 1.40. The Morgan fingerprint density at radius 3 is 2.58 bits per heavy atom. The molecule has 0 bridgehead atoms. The molecule has 19 heavy (non-hydrogen) atoms. The van der Waals surface area contributed by atoms with Crippen LogP contribution in [0.2, 0.25) is 0 Å². The van der Waals surface area contributed by atoms with E-state index in [9.17, 15) is 9.59 Å². The first-order valence-electron chi connectivity index (χ1n) is 5.48. The summed E-state index contributed by atoms with van der Waals surface area (Å²) in [6, 6.07) is 6.40. The van der Waals surface area contributed by atoms with E-state index < -0.39 is 5.91 Å². The summed E-state index contributed by atoms with van der Waals surface area (Å²) in [5.74, 6) is -0.471. The number of carbonyl (C=O) groups excluding carboxylic acids is 2. The van der Waals surface area contributed by atoms with Gasteiger partial charge in [0.2, 0.25) is 5.91 Å². The number of nitrogens with zero attached hydrogens (tertiary/aromatic N) is 1. The topological polar surface area (TPSA) is 97.1 Å². The third-order valence-corrected chi connectivity index (χ3v) is 3.03. The second kappa shape index (κ2) is 5.96. The number of anilines is 1. The highest BCUT2D eigenvalue weighted by atomic mass is 32.1. The molecule has 0 spiro atoms. The molecule has 0 unspecified atom stereocenters. The lowest BCUT2D eigenvalue weighted by Crippen LogP contribution is -2.28. The van der Waals surface area contributed by atoms with Crippen LogP contribution in [0.15, 0.2) is 35.8 Å². The van der Waals surface area contributed by atoms with Crippen LogP contribution in [-0.4, -0.2) is 16.9 Å². The number of urea groups is 1. The Morgan fingerprint density at radius 1 is 1.26 bits per heavy atom. The number of hydrogen-bond donors (Lipinski definition) is 3. The number of aromatic nitrogens is 1. The van der Waals surface area contributed by atoms with Gasteiger partial charge in [-0.25, -0.2) is 9.78 Å². The van der Waals surface area contributed by atoms with E-state index in [1.54, 1.807) is 35.8 Å². The van der Waals surface area contributed by atoms with Gasteiger partial charge in [0.15, 0.2) is 5.13 Å². The summed E-state index contributed by atoms with van der Waals surface area (Å²) in [4.78, 5) is 26.4. The van der Waals surface area contributed by atoms with Gasteiger partial charge < -0.3 is 11.1 Å². The fraction of sp³-hybridized carbons (Fsp3) is 0.0833. The zero-order chi connectivity index (χ0) is 13.7. The maximum absolute atomic E-state index is 11.5. The van der Waals surface area contributed by atoms with Gasteiger partial charge in [-0.05, 0) is 17.7 Å². The van der Waals surface area contributed by atoms with Gasteiger partial charge in [0.1, 0.15) is 0 Å². The fourth-order valence-corrected chi connectivity index (χ4v) is 1.92. The van der Waals surface area contributed by atoms with Crippen molar-refractivity contribution in [1.82, 2.24) is 10.3 Å². The third kappa shape index (κ3) is 3.78. The lowest BCUT2D eigenvalue weighted by molar-refractivity contribution is 0.1000. The molecule has 1 aromatic carbocycles. The van der Waals surface area contributed by atoms with Gasteiger partial charge >= 0.3 is 6.03 Å². The van der Waals surface area contributed by atoms with E-state index in [2.05, 4.69) is 15.6 Å². The van der Waals surface area contributed by atoms with E-state index in [0.29, 0.717) is 17.2 Å². The van der Waals surface area contributed by atoms with E-state index in [0.717, 1.165) is 5.56 Å². The summed E-state index contributed by atoms with van der Waals surface area (Å²) >= 11 is 1.34. The highest BCUT2D eigenvalue weighted by molar-refractivity contribution is 7.13. The molecular weight excluding hydrogens is 264 g/mol. The lowest BCUT2D eigenvalue weighted by Gasteiger charge is -2.05. The van der Waals surface area contributed by atoms with Crippen LogP contribution in [-0.2, 0) is 6.54 Å². The summed E-state index contributed by atoms with van der Waals surface area (Å²) in [6.07, 6.45) is 1.61. The Hall–Kier alpha value is -2.41. The molecule has 7 heteroatoms. The molecule has 0 fully saturated rings. The lowest BCUT2D eigenvalue weighted by atomic mass is 10.1. The smallest absolute Gasteiger partial charge is 0.321 e. The van der Waals surface area contributed by atoms with Crippen molar-refractivity contribution < 1.29 is 9.59 Å². The summed E-state index contributed by atoms with van der Waals surface area (Å²) < 4.78 is 0. The van der Waals surface area contributed by atoms with Crippen molar-refractivity contribution in [1.29, 1.82) is 0 Å². The van der Waals surface area contributed by atoms with Gasteiger partial charge in [0.05, 0.1) is 0 Å². The van der Waals surface area contributed by atoms with Crippen molar-refractivity contribution in [3.8, 4) is 0 Å². The van der Waals surface area contributed by atoms with Crippen molar-refractivity contribution in [2.24, 2.45) is 5.73 Å². The van der Waals surface area contributed by atoms with Crippen LogP contribution in [0.1, 0.15) is 15.9 Å². The maximum Gasteiger partial charge on any atom is 0.321 e. The highest BCUT2D eigenvalue weighted by Gasteiger charge is 2.04. The second-order valence-corrected chi connectivity index (χ2v) is 4.60. The molecule has 0 atom stereocenters. The number of nitrogens with one attached hydrogen (secondary N) is 2. The van der Waals surface area contributed by atoms with Crippen molar-refractivity contribution in [3.63, 3.8) is 0 Å². The first kappa shape index (κ1) is 13.0. The Labute approximate surface area is 113 Å². The van der Waals surface area contributed by atoms with Gasteiger partial charge in [0.25, 0.3) is 0 Å². The molecule has 0 aliphatic heterocycles. The van der Waals surface area contributed by atoms with Crippen LogP contribution in [0, 0.1) is 0 Å². The molecule has 2 aromatic rings. The highest BCUT2D eigenvalue weighted by Crippen LogP contribution is 2.09. The minimum Gasteiger partial charge on any atom is -0.366 e. The normalized spacial score (nSPS) is 9.89. The number of rotatable bonds is 4. The zero-order valence-corrected chi connectivity index (χ0v) is 10.7. The number of thiazole rings is 1. The average Bonchev–Trinajstić information content (AvgIpc) is 2.89.